The standard InChI is InChI=1S/C4H13O8P3S.C4H12O5P2S.C4H11O2PS.CH4/c1-4(2,3)13(5,16)11-15(9,10)12-14(6,7)8;1-4(2,3)10(5,12)9-11(6,7)8;1-4(2,3)7(5,6)8;/h1-3H3,(H,5,16)(H,9,10)(H2,6,7,8);1-3H3,(H,5,12)(H2,6,7,8);1-3H3,(H2,5,6,8);1H4. The van der Waals surface area contributed by atoms with E-state index in [2.05, 4.69) is 48.4 Å². The second-order valence-electron chi connectivity index (χ2n) is 9.79. The maximum Gasteiger partial charge on any atom is 0.486 e. The van der Waals surface area contributed by atoms with Crippen LogP contribution in [0.3, 0.4) is 0 Å². The topological polar surface area (TPSA) is 261 Å². The molecule has 0 aromatic rings. The van der Waals surface area contributed by atoms with Gasteiger partial charge in [-0.15, -0.1) is 0 Å². The fourth-order valence-corrected chi connectivity index (χ4v) is 7.91. The van der Waals surface area contributed by atoms with Gasteiger partial charge < -0.3 is 44.0 Å². The van der Waals surface area contributed by atoms with Crippen molar-refractivity contribution in [1.82, 2.24) is 0 Å². The molecule has 0 radical (unpaired) electrons. The van der Waals surface area contributed by atoms with Gasteiger partial charge in [-0.05, 0) is 35.4 Å². The second-order valence-corrected chi connectivity index (χ2v) is 26.3. The third kappa shape index (κ3) is 22.4. The van der Waals surface area contributed by atoms with Gasteiger partial charge >= 0.3 is 23.5 Å². The van der Waals surface area contributed by atoms with Crippen molar-refractivity contribution in [3.8, 4) is 0 Å². The van der Waals surface area contributed by atoms with Crippen molar-refractivity contribution in [2.45, 2.75) is 85.2 Å². The predicted molar refractivity (Wildman–Crippen MR) is 155 cm³/mol. The molecular weight excluding hydrogens is 678 g/mol. The highest BCUT2D eigenvalue weighted by molar-refractivity contribution is 8.12. The lowest BCUT2D eigenvalue weighted by Crippen LogP contribution is -2.15. The van der Waals surface area contributed by atoms with Crippen LogP contribution in [0.4, 0.5) is 0 Å². The fourth-order valence-electron chi connectivity index (χ4n) is 0.678. The Labute approximate surface area is 233 Å². The van der Waals surface area contributed by atoms with E-state index in [0.29, 0.717) is 0 Å². The van der Waals surface area contributed by atoms with E-state index >= 15 is 0 Å². The summed E-state index contributed by atoms with van der Waals surface area (Å²) in [6.07, 6.45) is 0. The first-order valence-electron chi connectivity index (χ1n) is 9.16. The zero-order valence-corrected chi connectivity index (χ0v) is 28.7. The molecule has 0 aliphatic carbocycles. The van der Waals surface area contributed by atoms with Crippen molar-refractivity contribution in [1.29, 1.82) is 0 Å². The highest BCUT2D eigenvalue weighted by Gasteiger charge is 2.42. The minimum absolute atomic E-state index is 0. The van der Waals surface area contributed by atoms with E-state index in [1.54, 1.807) is 41.5 Å². The highest BCUT2D eigenvalue weighted by atomic mass is 32.5. The Morgan fingerprint density at radius 1 is 0.486 bits per heavy atom. The van der Waals surface area contributed by atoms with Crippen molar-refractivity contribution in [2.24, 2.45) is 0 Å². The van der Waals surface area contributed by atoms with Crippen LogP contribution in [-0.2, 0) is 62.0 Å². The Hall–Kier alpha value is 2.16. The van der Waals surface area contributed by atoms with Gasteiger partial charge in [-0.3, -0.25) is 0 Å². The smallest absolute Gasteiger partial charge is 0.345 e. The molecule has 0 aliphatic heterocycles. The monoisotopic (exact) mass is 718 g/mol. The second kappa shape index (κ2) is 15.1. The van der Waals surface area contributed by atoms with Crippen LogP contribution in [0.2, 0.25) is 0 Å². The molecule has 24 heteroatoms. The van der Waals surface area contributed by atoms with E-state index in [9.17, 15) is 23.5 Å². The maximum atomic E-state index is 11.1. The molecule has 9 N–H and O–H groups in total. The zero-order chi connectivity index (χ0) is 30.6. The lowest BCUT2D eigenvalue weighted by Gasteiger charge is -2.29. The van der Waals surface area contributed by atoms with Gasteiger partial charge in [0.25, 0.3) is 0 Å². The summed E-state index contributed by atoms with van der Waals surface area (Å²) in [6, 6.07) is 0. The summed E-state index contributed by atoms with van der Waals surface area (Å²) in [7, 11) is -15.0. The van der Waals surface area contributed by atoms with Crippen LogP contribution in [0, 0.1) is 0 Å². The number of phosphoric acid groups is 3. The molecule has 0 aromatic heterocycles. The van der Waals surface area contributed by atoms with Crippen LogP contribution in [0.15, 0.2) is 0 Å². The molecule has 0 saturated heterocycles. The summed E-state index contributed by atoms with van der Waals surface area (Å²) in [6.45, 7) is 4.00. The largest absolute Gasteiger partial charge is 0.486 e. The van der Waals surface area contributed by atoms with Crippen LogP contribution in [0.1, 0.15) is 69.7 Å². The Morgan fingerprint density at radius 3 is 0.838 bits per heavy atom. The molecule has 230 valence electrons. The lowest BCUT2D eigenvalue weighted by molar-refractivity contribution is 0.227. The molecule has 37 heavy (non-hydrogen) atoms. The summed E-state index contributed by atoms with van der Waals surface area (Å²) < 4.78 is 43.7. The normalized spacial score (nSPS) is 18.3. The summed E-state index contributed by atoms with van der Waals surface area (Å²) in [5.74, 6) is 0. The van der Waals surface area contributed by atoms with Crippen molar-refractivity contribution in [3.63, 3.8) is 0 Å². The molecule has 3 atom stereocenters. The molecule has 0 amide bonds. The summed E-state index contributed by atoms with van der Waals surface area (Å²) in [4.78, 5) is 79.1. The molecule has 0 aliphatic rings. The molecule has 0 fully saturated rings. The third-order valence-electron chi connectivity index (χ3n) is 3.21. The van der Waals surface area contributed by atoms with Crippen molar-refractivity contribution in [2.75, 3.05) is 0 Å². The minimum Gasteiger partial charge on any atom is -0.345 e. The van der Waals surface area contributed by atoms with Gasteiger partial charge in [-0.2, -0.15) is 4.31 Å². The molecular formula is C13H40O15P6S3. The van der Waals surface area contributed by atoms with E-state index in [4.69, 9.17) is 34.3 Å². The van der Waals surface area contributed by atoms with E-state index in [0.717, 1.165) is 0 Å². The average molecular weight is 718 g/mol. The quantitative estimate of drug-likeness (QED) is 0.174. The Balaban J connectivity index is -0.000000230. The average Bonchev–Trinajstić information content (AvgIpc) is 2.36. The van der Waals surface area contributed by atoms with Crippen LogP contribution >= 0.6 is 42.9 Å². The first-order chi connectivity index (χ1) is 14.9. The Kier molecular flexibility index (Phi) is 18.8. The molecule has 0 heterocycles. The first kappa shape index (κ1) is 46.1. The van der Waals surface area contributed by atoms with Gasteiger partial charge in [0.05, 0.1) is 0 Å². The van der Waals surface area contributed by atoms with E-state index in [1.165, 1.54) is 20.8 Å². The van der Waals surface area contributed by atoms with E-state index in [1.807, 2.05) is 0 Å². The number of rotatable bonds is 6. The molecule has 0 spiro atoms. The van der Waals surface area contributed by atoms with Gasteiger partial charge in [0.1, 0.15) is 0 Å². The lowest BCUT2D eigenvalue weighted by atomic mass is 10.3. The van der Waals surface area contributed by atoms with Crippen molar-refractivity contribution < 1.29 is 70.7 Å². The van der Waals surface area contributed by atoms with Gasteiger partial charge in [0.15, 0.2) is 6.49 Å². The molecule has 3 unspecified atom stereocenters. The summed E-state index contributed by atoms with van der Waals surface area (Å²) >= 11 is 13.6. The van der Waals surface area contributed by atoms with Crippen LogP contribution in [0.25, 0.3) is 0 Å². The van der Waals surface area contributed by atoms with Gasteiger partial charge in [-0.25, -0.2) is 22.3 Å². The summed E-state index contributed by atoms with van der Waals surface area (Å²) in [5.41, 5.74) is 0. The number of hydrogen-bond acceptors (Lipinski definition) is 9. The zero-order valence-electron chi connectivity index (χ0n) is 20.9. The van der Waals surface area contributed by atoms with Gasteiger partial charge in [0.2, 0.25) is 13.0 Å². The highest BCUT2D eigenvalue weighted by Crippen LogP contribution is 2.70. The SMILES string of the molecule is C.CC(C)(C)P(O)(=S)OP(=O)(O)O.CC(C)(C)P(O)(=S)OP(=O)(O)OP(=O)(O)O.CC(C)(C)P(O)(O)=S. The summed E-state index contributed by atoms with van der Waals surface area (Å²) in [5, 5.41) is -2.38. The molecule has 0 aromatic carbocycles. The number of hydrogen-bond donors (Lipinski definition) is 9. The maximum absolute atomic E-state index is 11.1. The van der Waals surface area contributed by atoms with E-state index < -0.39 is 58.4 Å². The molecule has 0 rings (SSSR count). The van der Waals surface area contributed by atoms with Crippen LogP contribution in [-0.4, -0.2) is 59.5 Å². The van der Waals surface area contributed by atoms with Gasteiger partial charge in [-0.1, -0.05) is 69.7 Å². The molecule has 0 bridgehead atoms. The van der Waals surface area contributed by atoms with Crippen LogP contribution < -0.4 is 0 Å². The third-order valence-corrected chi connectivity index (χ3v) is 19.6. The van der Waals surface area contributed by atoms with Crippen molar-refractivity contribution in [3.05, 3.63) is 0 Å². The molecule has 0 saturated carbocycles. The van der Waals surface area contributed by atoms with Crippen LogP contribution in [0.5, 0.6) is 0 Å². The van der Waals surface area contributed by atoms with Crippen molar-refractivity contribution >= 4 is 78.4 Å². The minimum atomic E-state index is -5.20. The Bertz CT molecular complexity index is 1010. The van der Waals surface area contributed by atoms with Gasteiger partial charge in [0, 0.05) is 15.5 Å². The molecule has 15 nitrogen and oxygen atoms in total. The first-order valence-corrected chi connectivity index (χ1v) is 21.8. The predicted octanol–water partition coefficient (Wildman–Crippen LogP) is 4.22. The Morgan fingerprint density at radius 2 is 0.703 bits per heavy atom. The fraction of sp³-hybridized carbons (Fsp3) is 1.00. The van der Waals surface area contributed by atoms with E-state index in [-0.39, 0.29) is 7.43 Å².